The molecule has 8 heteroatoms. The zero-order valence-corrected chi connectivity index (χ0v) is 16.4. The number of H-pyrrole nitrogens is 1. The summed E-state index contributed by atoms with van der Waals surface area (Å²) in [5, 5.41) is 5.09. The van der Waals surface area contributed by atoms with Gasteiger partial charge in [0, 0.05) is 17.1 Å². The second-order valence-electron chi connectivity index (χ2n) is 6.78. The van der Waals surface area contributed by atoms with Gasteiger partial charge in [-0.2, -0.15) is 5.10 Å². The Bertz CT molecular complexity index is 1270. The summed E-state index contributed by atoms with van der Waals surface area (Å²) in [4.78, 5) is 40.6. The Morgan fingerprint density at radius 3 is 2.40 bits per heavy atom. The van der Waals surface area contributed by atoms with E-state index in [0.717, 1.165) is 11.2 Å². The fourth-order valence-corrected chi connectivity index (χ4v) is 3.40. The van der Waals surface area contributed by atoms with Gasteiger partial charge in [0.2, 0.25) is 0 Å². The first-order valence-corrected chi connectivity index (χ1v) is 9.30. The van der Waals surface area contributed by atoms with Crippen molar-refractivity contribution in [3.05, 3.63) is 83.3 Å². The summed E-state index contributed by atoms with van der Waals surface area (Å²) in [6.45, 7) is 3.38. The fourth-order valence-electron chi connectivity index (χ4n) is 3.40. The Kier molecular flexibility index (Phi) is 4.89. The zero-order valence-electron chi connectivity index (χ0n) is 16.4. The molecule has 3 N–H and O–H groups in total. The van der Waals surface area contributed by atoms with Crippen molar-refractivity contribution >= 4 is 28.5 Å². The van der Waals surface area contributed by atoms with E-state index in [4.69, 9.17) is 0 Å². The Hall–Kier alpha value is -4.20. The first-order chi connectivity index (χ1) is 14.5. The van der Waals surface area contributed by atoms with Crippen LogP contribution in [0.2, 0.25) is 0 Å². The van der Waals surface area contributed by atoms with Gasteiger partial charge in [-0.15, -0.1) is 0 Å². The minimum absolute atomic E-state index is 0.206. The first kappa shape index (κ1) is 19.1. The van der Waals surface area contributed by atoms with Crippen molar-refractivity contribution in [2.24, 2.45) is 0 Å². The molecule has 150 valence electrons. The minimum atomic E-state index is -0.943. The third kappa shape index (κ3) is 3.35. The quantitative estimate of drug-likeness (QED) is 0.277. The predicted molar refractivity (Wildman–Crippen MR) is 111 cm³/mol. The molecule has 0 spiro atoms. The standard InChI is InChI=1S/C22H19N5O3/c1-13-19(14(2)27(26-13)15-8-4-3-5-9-15)20(28)22(30)25-24-21(29)17-12-23-18-11-7-6-10-16(17)18/h3-12,23H,1-2H3,(H,24,29)(H,25,30). The van der Waals surface area contributed by atoms with E-state index in [1.165, 1.54) is 0 Å². The molecule has 4 rings (SSSR count). The number of Topliss-reactive ketones (excluding diaryl/α,β-unsaturated/α-hetero) is 1. The van der Waals surface area contributed by atoms with Crippen LogP contribution in [0.4, 0.5) is 0 Å². The van der Waals surface area contributed by atoms with Gasteiger partial charge in [0.15, 0.2) is 0 Å². The molecule has 0 saturated carbocycles. The number of aromatic amines is 1. The first-order valence-electron chi connectivity index (χ1n) is 9.30. The number of hydrazine groups is 1. The van der Waals surface area contributed by atoms with E-state index in [9.17, 15) is 14.4 Å². The van der Waals surface area contributed by atoms with Crippen LogP contribution in [0.25, 0.3) is 16.6 Å². The highest BCUT2D eigenvalue weighted by Crippen LogP contribution is 2.19. The van der Waals surface area contributed by atoms with Crippen molar-refractivity contribution in [1.29, 1.82) is 0 Å². The molecule has 2 heterocycles. The molecule has 0 fully saturated rings. The van der Waals surface area contributed by atoms with Crippen molar-refractivity contribution < 1.29 is 14.4 Å². The number of aromatic nitrogens is 3. The fraction of sp³-hybridized carbons (Fsp3) is 0.0909. The molecular formula is C22H19N5O3. The normalized spacial score (nSPS) is 10.7. The monoisotopic (exact) mass is 401 g/mol. The molecule has 0 radical (unpaired) electrons. The Labute approximate surface area is 171 Å². The van der Waals surface area contributed by atoms with Crippen molar-refractivity contribution in [3.63, 3.8) is 0 Å². The number of rotatable bonds is 4. The van der Waals surface area contributed by atoms with Crippen LogP contribution in [0.15, 0.2) is 60.8 Å². The molecule has 8 nitrogen and oxygen atoms in total. The van der Waals surface area contributed by atoms with Gasteiger partial charge in [-0.05, 0) is 32.0 Å². The van der Waals surface area contributed by atoms with Crippen LogP contribution in [-0.2, 0) is 4.79 Å². The molecule has 2 aromatic heterocycles. The van der Waals surface area contributed by atoms with Gasteiger partial charge in [-0.25, -0.2) is 4.68 Å². The molecule has 0 aliphatic rings. The van der Waals surface area contributed by atoms with Gasteiger partial charge >= 0.3 is 5.91 Å². The van der Waals surface area contributed by atoms with Gasteiger partial charge < -0.3 is 4.98 Å². The number of amides is 2. The summed E-state index contributed by atoms with van der Waals surface area (Å²) in [7, 11) is 0. The predicted octanol–water partition coefficient (Wildman–Crippen LogP) is 2.61. The van der Waals surface area contributed by atoms with Crippen LogP contribution < -0.4 is 10.9 Å². The molecule has 2 aromatic carbocycles. The minimum Gasteiger partial charge on any atom is -0.360 e. The smallest absolute Gasteiger partial charge is 0.310 e. The van der Waals surface area contributed by atoms with Crippen molar-refractivity contribution in [2.45, 2.75) is 13.8 Å². The van der Waals surface area contributed by atoms with E-state index in [-0.39, 0.29) is 5.56 Å². The average molecular weight is 401 g/mol. The second kappa shape index (κ2) is 7.67. The third-order valence-electron chi connectivity index (χ3n) is 4.85. The molecule has 0 aliphatic carbocycles. The van der Waals surface area contributed by atoms with Gasteiger partial charge in [-0.1, -0.05) is 36.4 Å². The van der Waals surface area contributed by atoms with Crippen molar-refractivity contribution in [1.82, 2.24) is 25.6 Å². The van der Waals surface area contributed by atoms with Crippen LogP contribution in [0.3, 0.4) is 0 Å². The van der Waals surface area contributed by atoms with Gasteiger partial charge in [-0.3, -0.25) is 25.2 Å². The maximum Gasteiger partial charge on any atom is 0.310 e. The lowest BCUT2D eigenvalue weighted by atomic mass is 10.1. The van der Waals surface area contributed by atoms with Crippen LogP contribution in [0, 0.1) is 13.8 Å². The molecule has 2 amide bonds. The number of hydrogen-bond donors (Lipinski definition) is 3. The van der Waals surface area contributed by atoms with E-state index >= 15 is 0 Å². The number of carbonyl (C=O) groups is 3. The maximum absolute atomic E-state index is 12.7. The van der Waals surface area contributed by atoms with E-state index in [1.807, 2.05) is 48.5 Å². The summed E-state index contributed by atoms with van der Waals surface area (Å²) >= 11 is 0. The summed E-state index contributed by atoms with van der Waals surface area (Å²) < 4.78 is 1.61. The topological polar surface area (TPSA) is 109 Å². The zero-order chi connectivity index (χ0) is 21.3. The lowest BCUT2D eigenvalue weighted by Crippen LogP contribution is -2.45. The SMILES string of the molecule is Cc1nn(-c2ccccc2)c(C)c1C(=O)C(=O)NNC(=O)c1c[nH]c2ccccc12. The lowest BCUT2D eigenvalue weighted by Gasteiger charge is -2.07. The number of fused-ring (bicyclic) bond motifs is 1. The molecule has 0 bridgehead atoms. The van der Waals surface area contributed by atoms with Gasteiger partial charge in [0.1, 0.15) is 0 Å². The molecule has 4 aromatic rings. The van der Waals surface area contributed by atoms with Gasteiger partial charge in [0.05, 0.1) is 28.2 Å². The Balaban J connectivity index is 1.50. The highest BCUT2D eigenvalue weighted by Gasteiger charge is 2.25. The summed E-state index contributed by atoms with van der Waals surface area (Å²) in [6.07, 6.45) is 1.55. The number of benzene rings is 2. The number of nitrogens with zero attached hydrogens (tertiary/aromatic N) is 2. The van der Waals surface area contributed by atoms with Crippen LogP contribution in [0.1, 0.15) is 32.1 Å². The molecular weight excluding hydrogens is 382 g/mol. The lowest BCUT2D eigenvalue weighted by molar-refractivity contribution is -0.117. The van der Waals surface area contributed by atoms with Crippen LogP contribution in [-0.4, -0.2) is 32.4 Å². The van der Waals surface area contributed by atoms with Crippen LogP contribution >= 0.6 is 0 Å². The summed E-state index contributed by atoms with van der Waals surface area (Å²) in [5.74, 6) is -2.24. The van der Waals surface area contributed by atoms with Crippen molar-refractivity contribution in [2.75, 3.05) is 0 Å². The third-order valence-corrected chi connectivity index (χ3v) is 4.85. The largest absolute Gasteiger partial charge is 0.360 e. The highest BCUT2D eigenvalue weighted by molar-refractivity contribution is 6.43. The van der Waals surface area contributed by atoms with Crippen LogP contribution in [0.5, 0.6) is 0 Å². The molecule has 0 aliphatic heterocycles. The van der Waals surface area contributed by atoms with E-state index in [1.54, 1.807) is 30.8 Å². The molecule has 30 heavy (non-hydrogen) atoms. The number of ketones is 1. The maximum atomic E-state index is 12.7. The number of nitrogens with one attached hydrogen (secondary N) is 3. The van der Waals surface area contributed by atoms with E-state index in [2.05, 4.69) is 20.9 Å². The number of hydrogen-bond acceptors (Lipinski definition) is 4. The van der Waals surface area contributed by atoms with E-state index in [0.29, 0.717) is 22.3 Å². The van der Waals surface area contributed by atoms with E-state index < -0.39 is 17.6 Å². The number of carbonyl (C=O) groups excluding carboxylic acids is 3. The second-order valence-corrected chi connectivity index (χ2v) is 6.78. The Morgan fingerprint density at radius 2 is 1.63 bits per heavy atom. The highest BCUT2D eigenvalue weighted by atomic mass is 16.2. The molecule has 0 atom stereocenters. The number of para-hydroxylation sites is 2. The van der Waals surface area contributed by atoms with Crippen molar-refractivity contribution in [3.8, 4) is 5.69 Å². The van der Waals surface area contributed by atoms with Gasteiger partial charge in [0.25, 0.3) is 11.7 Å². The summed E-state index contributed by atoms with van der Waals surface area (Å²) in [5.41, 5.74) is 7.62. The Morgan fingerprint density at radius 1 is 0.933 bits per heavy atom. The molecule has 0 unspecified atom stereocenters. The average Bonchev–Trinajstić information content (AvgIpc) is 3.32. The summed E-state index contributed by atoms with van der Waals surface area (Å²) in [6, 6.07) is 16.6. The molecule has 0 saturated heterocycles. The number of aryl methyl sites for hydroxylation is 1.